The molecule has 2 aromatic heterocycles. The van der Waals surface area contributed by atoms with Crippen molar-refractivity contribution in [3.05, 3.63) is 86.5 Å². The van der Waals surface area contributed by atoms with Gasteiger partial charge < -0.3 is 11.1 Å². The van der Waals surface area contributed by atoms with Gasteiger partial charge in [-0.1, -0.05) is 48.0 Å². The van der Waals surface area contributed by atoms with Gasteiger partial charge in [-0.05, 0) is 44.4 Å². The maximum absolute atomic E-state index is 13.3. The summed E-state index contributed by atoms with van der Waals surface area (Å²) in [5.74, 6) is -1.02. The second-order valence-corrected chi connectivity index (χ2v) is 9.14. The molecule has 0 aliphatic carbocycles. The smallest absolute Gasteiger partial charge is 0.252 e. The summed E-state index contributed by atoms with van der Waals surface area (Å²) < 4.78 is 1.51. The summed E-state index contributed by atoms with van der Waals surface area (Å²) in [6.07, 6.45) is 0. The van der Waals surface area contributed by atoms with Crippen LogP contribution in [0.5, 0.6) is 0 Å². The summed E-state index contributed by atoms with van der Waals surface area (Å²) in [4.78, 5) is 38.5. The second kappa shape index (κ2) is 8.67. The third-order valence-corrected chi connectivity index (χ3v) is 6.78. The summed E-state index contributed by atoms with van der Waals surface area (Å²) in [7, 11) is 0. The first-order chi connectivity index (χ1) is 15.7. The van der Waals surface area contributed by atoms with E-state index in [2.05, 4.69) is 5.32 Å². The number of nitrogens with zero attached hydrogens (tertiary/aromatic N) is 1. The van der Waals surface area contributed by atoms with Crippen molar-refractivity contribution in [3.8, 4) is 11.1 Å². The van der Waals surface area contributed by atoms with Gasteiger partial charge in [0.05, 0.1) is 11.1 Å². The average Bonchev–Trinajstić information content (AvgIpc) is 3.18. The molecule has 168 valence electrons. The predicted octanol–water partition coefficient (Wildman–Crippen LogP) is 4.95. The monoisotopic (exact) mass is 459 g/mol. The molecule has 1 unspecified atom stereocenters. The number of benzene rings is 2. The standard InChI is InChI=1S/C26H25N3O3S/c1-14-8-10-18(11-9-14)20-13-33-26(22(20)24(27)31)28-25(32)17(4)29-21(30)12-16(3)19-7-5-6-15(2)23(19)29/h5-13,17H,1-4H3,(H2,27,31)(H,28,32). The van der Waals surface area contributed by atoms with Crippen LogP contribution in [-0.2, 0) is 4.79 Å². The molecule has 2 amide bonds. The number of pyridine rings is 1. The van der Waals surface area contributed by atoms with E-state index in [1.54, 1.807) is 13.0 Å². The van der Waals surface area contributed by atoms with E-state index in [0.717, 1.165) is 33.2 Å². The van der Waals surface area contributed by atoms with Crippen molar-refractivity contribution in [3.63, 3.8) is 0 Å². The lowest BCUT2D eigenvalue weighted by atomic mass is 10.0. The maximum Gasteiger partial charge on any atom is 0.252 e. The highest BCUT2D eigenvalue weighted by Gasteiger charge is 2.24. The minimum atomic E-state index is -0.799. The molecule has 0 saturated heterocycles. The lowest BCUT2D eigenvalue weighted by Gasteiger charge is -2.20. The molecule has 7 heteroatoms. The fourth-order valence-corrected chi connectivity index (χ4v) is 5.08. The third kappa shape index (κ3) is 4.07. The van der Waals surface area contributed by atoms with Crippen molar-refractivity contribution in [2.24, 2.45) is 5.73 Å². The van der Waals surface area contributed by atoms with Gasteiger partial charge >= 0.3 is 0 Å². The lowest BCUT2D eigenvalue weighted by Crippen LogP contribution is -2.32. The Morgan fingerprint density at radius 3 is 2.39 bits per heavy atom. The minimum Gasteiger partial charge on any atom is -0.365 e. The Hall–Kier alpha value is -3.71. The highest BCUT2D eigenvalue weighted by molar-refractivity contribution is 7.15. The molecule has 0 aliphatic rings. The molecule has 0 fully saturated rings. The molecule has 0 aliphatic heterocycles. The average molecular weight is 460 g/mol. The quantitative estimate of drug-likeness (QED) is 0.442. The van der Waals surface area contributed by atoms with E-state index in [9.17, 15) is 14.4 Å². The summed E-state index contributed by atoms with van der Waals surface area (Å²) in [6.45, 7) is 7.46. The first-order valence-corrected chi connectivity index (χ1v) is 11.5. The minimum absolute atomic E-state index is 0.251. The Kier molecular flexibility index (Phi) is 5.91. The van der Waals surface area contributed by atoms with Crippen LogP contribution in [-0.4, -0.2) is 16.4 Å². The van der Waals surface area contributed by atoms with E-state index in [0.29, 0.717) is 10.6 Å². The van der Waals surface area contributed by atoms with Crippen molar-refractivity contribution in [1.82, 2.24) is 4.57 Å². The number of rotatable bonds is 5. The number of carbonyl (C=O) groups is 2. The summed E-state index contributed by atoms with van der Waals surface area (Å²) in [6, 6.07) is 14.3. The molecule has 0 radical (unpaired) electrons. The largest absolute Gasteiger partial charge is 0.365 e. The van der Waals surface area contributed by atoms with Crippen LogP contribution in [0, 0.1) is 20.8 Å². The molecule has 6 nitrogen and oxygen atoms in total. The number of amides is 2. The van der Waals surface area contributed by atoms with Crippen LogP contribution in [0.25, 0.3) is 22.0 Å². The van der Waals surface area contributed by atoms with Gasteiger partial charge in [0, 0.05) is 22.4 Å². The van der Waals surface area contributed by atoms with Crippen LogP contribution in [0.1, 0.15) is 40.0 Å². The van der Waals surface area contributed by atoms with Gasteiger partial charge in [-0.15, -0.1) is 11.3 Å². The molecule has 33 heavy (non-hydrogen) atoms. The zero-order valence-electron chi connectivity index (χ0n) is 18.9. The highest BCUT2D eigenvalue weighted by atomic mass is 32.1. The molecule has 0 bridgehead atoms. The Bertz CT molecular complexity index is 1450. The SMILES string of the molecule is Cc1ccc(-c2csc(NC(=O)C(C)n3c(=O)cc(C)c4cccc(C)c43)c2C(N)=O)cc1. The van der Waals surface area contributed by atoms with E-state index >= 15 is 0 Å². The van der Waals surface area contributed by atoms with E-state index in [4.69, 9.17) is 5.73 Å². The molecule has 4 aromatic rings. The first-order valence-electron chi connectivity index (χ1n) is 10.6. The van der Waals surface area contributed by atoms with Gasteiger partial charge in [0.15, 0.2) is 0 Å². The fraction of sp³-hybridized carbons (Fsp3) is 0.192. The Morgan fingerprint density at radius 1 is 1.03 bits per heavy atom. The number of anilines is 1. The second-order valence-electron chi connectivity index (χ2n) is 8.26. The molecular formula is C26H25N3O3S. The van der Waals surface area contributed by atoms with Crippen LogP contribution in [0.4, 0.5) is 5.00 Å². The van der Waals surface area contributed by atoms with Gasteiger partial charge in [0.2, 0.25) is 5.91 Å². The number of carbonyl (C=O) groups excluding carboxylic acids is 2. The van der Waals surface area contributed by atoms with Gasteiger partial charge in [-0.25, -0.2) is 0 Å². The van der Waals surface area contributed by atoms with E-state index < -0.39 is 17.9 Å². The number of aryl methyl sites for hydroxylation is 3. The topological polar surface area (TPSA) is 94.2 Å². The Morgan fingerprint density at radius 2 is 1.73 bits per heavy atom. The van der Waals surface area contributed by atoms with Crippen LogP contribution in [0.3, 0.4) is 0 Å². The van der Waals surface area contributed by atoms with Gasteiger partial charge in [0.1, 0.15) is 11.0 Å². The van der Waals surface area contributed by atoms with Crippen LogP contribution < -0.4 is 16.6 Å². The Balaban J connectivity index is 1.74. The molecule has 0 spiro atoms. The van der Waals surface area contributed by atoms with Crippen molar-refractivity contribution < 1.29 is 9.59 Å². The molecule has 0 saturated carbocycles. The molecule has 4 rings (SSSR count). The molecule has 2 aromatic carbocycles. The van der Waals surface area contributed by atoms with Crippen molar-refractivity contribution in [2.75, 3.05) is 5.32 Å². The Labute approximate surface area is 195 Å². The van der Waals surface area contributed by atoms with E-state index in [-0.39, 0.29) is 11.1 Å². The molecule has 2 heterocycles. The first kappa shape index (κ1) is 22.5. The van der Waals surface area contributed by atoms with Crippen LogP contribution >= 0.6 is 11.3 Å². The molecule has 3 N–H and O–H groups in total. The maximum atomic E-state index is 13.3. The van der Waals surface area contributed by atoms with Gasteiger partial charge in [0.25, 0.3) is 11.5 Å². The normalized spacial score (nSPS) is 12.0. The number of aromatic nitrogens is 1. The highest BCUT2D eigenvalue weighted by Crippen LogP contribution is 2.36. The summed E-state index contributed by atoms with van der Waals surface area (Å²) in [5, 5.41) is 5.94. The number of para-hydroxylation sites is 1. The van der Waals surface area contributed by atoms with Crippen LogP contribution in [0.2, 0.25) is 0 Å². The zero-order chi connectivity index (χ0) is 23.9. The number of hydrogen-bond acceptors (Lipinski definition) is 4. The summed E-state index contributed by atoms with van der Waals surface area (Å²) >= 11 is 1.24. The van der Waals surface area contributed by atoms with E-state index in [1.807, 2.05) is 68.6 Å². The fourth-order valence-electron chi connectivity index (χ4n) is 4.10. The number of nitrogens with one attached hydrogen (secondary N) is 1. The number of primary amides is 1. The number of nitrogens with two attached hydrogens (primary N) is 1. The van der Waals surface area contributed by atoms with E-state index in [1.165, 1.54) is 15.9 Å². The summed E-state index contributed by atoms with van der Waals surface area (Å²) in [5.41, 5.74) is 10.8. The van der Waals surface area contributed by atoms with Crippen molar-refractivity contribution in [1.29, 1.82) is 0 Å². The van der Waals surface area contributed by atoms with Crippen molar-refractivity contribution in [2.45, 2.75) is 33.7 Å². The lowest BCUT2D eigenvalue weighted by molar-refractivity contribution is -0.118. The van der Waals surface area contributed by atoms with Gasteiger partial charge in [-0.2, -0.15) is 0 Å². The number of thiophene rings is 1. The molecule has 1 atom stereocenters. The zero-order valence-corrected chi connectivity index (χ0v) is 19.7. The van der Waals surface area contributed by atoms with Gasteiger partial charge in [-0.3, -0.25) is 19.0 Å². The van der Waals surface area contributed by atoms with Crippen molar-refractivity contribution >= 4 is 39.1 Å². The number of hydrogen-bond donors (Lipinski definition) is 2. The molecular weight excluding hydrogens is 434 g/mol. The predicted molar refractivity (Wildman–Crippen MR) is 134 cm³/mol. The van der Waals surface area contributed by atoms with Crippen LogP contribution in [0.15, 0.2) is 58.7 Å². The third-order valence-electron chi connectivity index (χ3n) is 5.88. The number of fused-ring (bicyclic) bond motifs is 1.